The van der Waals surface area contributed by atoms with Crippen LogP contribution in [0.2, 0.25) is 0 Å². The predicted molar refractivity (Wildman–Crippen MR) is 74.5 cm³/mol. The van der Waals surface area contributed by atoms with Gasteiger partial charge in [-0.25, -0.2) is 8.78 Å². The maximum Gasteiger partial charge on any atom is 0.240 e. The summed E-state index contributed by atoms with van der Waals surface area (Å²) < 4.78 is 26.3. The molecule has 1 aromatic carbocycles. The van der Waals surface area contributed by atoms with Crippen LogP contribution >= 0.6 is 0 Å². The molecule has 0 unspecified atom stereocenters. The summed E-state index contributed by atoms with van der Waals surface area (Å²) in [7, 11) is 0. The summed E-state index contributed by atoms with van der Waals surface area (Å²) in [5.74, 6) is -2.18. The van der Waals surface area contributed by atoms with Crippen molar-refractivity contribution in [3.63, 3.8) is 0 Å². The van der Waals surface area contributed by atoms with Crippen LogP contribution in [0.15, 0.2) is 18.2 Å². The molecule has 1 saturated carbocycles. The van der Waals surface area contributed by atoms with E-state index in [1.165, 1.54) is 0 Å². The van der Waals surface area contributed by atoms with Gasteiger partial charge < -0.3 is 10.6 Å². The Kier molecular flexibility index (Phi) is 4.25. The molecule has 0 aliphatic heterocycles. The van der Waals surface area contributed by atoms with E-state index in [4.69, 9.17) is 0 Å². The molecule has 0 bridgehead atoms. The largest absolute Gasteiger partial charge is 0.355 e. The smallest absolute Gasteiger partial charge is 0.240 e. The number of hydrogen-bond donors (Lipinski definition) is 2. The van der Waals surface area contributed by atoms with E-state index >= 15 is 0 Å². The van der Waals surface area contributed by atoms with Crippen molar-refractivity contribution in [2.75, 3.05) is 11.9 Å². The van der Waals surface area contributed by atoms with E-state index in [1.54, 1.807) is 0 Å². The van der Waals surface area contributed by atoms with Gasteiger partial charge >= 0.3 is 0 Å². The van der Waals surface area contributed by atoms with Gasteiger partial charge in [0.05, 0.1) is 5.69 Å². The fourth-order valence-corrected chi connectivity index (χ4v) is 1.98. The molecule has 0 aromatic heterocycles. The number of carbonyl (C=O) groups excluding carboxylic acids is 2. The number of halogens is 2. The zero-order chi connectivity index (χ0) is 15.6. The Hall–Kier alpha value is -1.98. The van der Waals surface area contributed by atoms with Crippen molar-refractivity contribution in [3.8, 4) is 0 Å². The van der Waals surface area contributed by atoms with Crippen molar-refractivity contribution in [1.82, 2.24) is 5.32 Å². The molecule has 21 heavy (non-hydrogen) atoms. The van der Waals surface area contributed by atoms with Crippen molar-refractivity contribution in [2.24, 2.45) is 11.3 Å². The molecule has 1 aliphatic carbocycles. The van der Waals surface area contributed by atoms with Crippen LogP contribution in [-0.2, 0) is 9.59 Å². The Morgan fingerprint density at radius 2 is 1.90 bits per heavy atom. The third-order valence-electron chi connectivity index (χ3n) is 3.47. The van der Waals surface area contributed by atoms with E-state index < -0.39 is 23.0 Å². The summed E-state index contributed by atoms with van der Waals surface area (Å²) in [5, 5.41) is 5.09. The van der Waals surface area contributed by atoms with E-state index in [9.17, 15) is 18.4 Å². The molecule has 2 amide bonds. The lowest BCUT2D eigenvalue weighted by Gasteiger charge is -2.16. The number of rotatable bonds is 5. The van der Waals surface area contributed by atoms with Gasteiger partial charge in [-0.05, 0) is 30.9 Å². The molecule has 0 radical (unpaired) electrons. The van der Waals surface area contributed by atoms with Crippen molar-refractivity contribution in [1.29, 1.82) is 0 Å². The molecule has 1 fully saturated rings. The monoisotopic (exact) mass is 296 g/mol. The highest BCUT2D eigenvalue weighted by Gasteiger charge is 2.56. The minimum atomic E-state index is -1.12. The van der Waals surface area contributed by atoms with Gasteiger partial charge in [-0.15, -0.1) is 0 Å². The fourth-order valence-electron chi connectivity index (χ4n) is 1.98. The van der Waals surface area contributed by atoms with E-state index in [2.05, 4.69) is 10.6 Å². The van der Waals surface area contributed by atoms with Crippen LogP contribution in [0, 0.1) is 23.0 Å². The number of carbonyl (C=O) groups is 2. The minimum absolute atomic E-state index is 0.121. The van der Waals surface area contributed by atoms with Crippen molar-refractivity contribution in [2.45, 2.75) is 26.7 Å². The zero-order valence-corrected chi connectivity index (χ0v) is 12.0. The van der Waals surface area contributed by atoms with Crippen LogP contribution in [0.5, 0.6) is 0 Å². The first-order chi connectivity index (χ1) is 9.85. The van der Waals surface area contributed by atoms with E-state index in [-0.39, 0.29) is 17.5 Å². The number of nitrogens with one attached hydrogen (secondary N) is 2. The highest BCUT2D eigenvalue weighted by atomic mass is 19.1. The normalized spacial score (nSPS) is 15.7. The molecule has 1 aliphatic rings. The second-order valence-corrected chi connectivity index (χ2v) is 5.76. The zero-order valence-electron chi connectivity index (χ0n) is 12.0. The molecule has 0 heterocycles. The molecule has 0 saturated heterocycles. The Morgan fingerprint density at radius 3 is 2.43 bits per heavy atom. The molecule has 4 nitrogen and oxygen atoms in total. The molecular formula is C15H18F2N2O2. The molecule has 1 aromatic rings. The van der Waals surface area contributed by atoms with Gasteiger partial charge in [0.15, 0.2) is 0 Å². The van der Waals surface area contributed by atoms with E-state index in [1.807, 2.05) is 13.8 Å². The van der Waals surface area contributed by atoms with Crippen LogP contribution in [0.25, 0.3) is 0 Å². The standard InChI is InChI=1S/C15H18F2N2O2/c1-9(2)8-18-13(20)15(5-6-15)14(21)19-12-4-3-10(16)7-11(12)17/h3-4,7,9H,5-6,8H2,1-2H3,(H,18,20)(H,19,21). The first-order valence-corrected chi connectivity index (χ1v) is 6.90. The van der Waals surface area contributed by atoms with Gasteiger partial charge in [0.2, 0.25) is 11.8 Å². The molecule has 2 rings (SSSR count). The predicted octanol–water partition coefficient (Wildman–Crippen LogP) is 2.46. The Bertz CT molecular complexity index is 569. The van der Waals surface area contributed by atoms with Crippen molar-refractivity contribution >= 4 is 17.5 Å². The van der Waals surface area contributed by atoms with Crippen LogP contribution in [0.1, 0.15) is 26.7 Å². The average Bonchev–Trinajstić information content (AvgIpc) is 3.20. The second kappa shape index (κ2) is 5.79. The van der Waals surface area contributed by atoms with Crippen LogP contribution < -0.4 is 10.6 Å². The van der Waals surface area contributed by atoms with Crippen LogP contribution in [0.4, 0.5) is 14.5 Å². The Labute approximate surface area is 121 Å². The van der Waals surface area contributed by atoms with Gasteiger partial charge in [0, 0.05) is 12.6 Å². The van der Waals surface area contributed by atoms with Gasteiger partial charge in [0.1, 0.15) is 17.0 Å². The summed E-state index contributed by atoms with van der Waals surface area (Å²) in [4.78, 5) is 24.3. The first kappa shape index (κ1) is 15.4. The molecule has 0 spiro atoms. The van der Waals surface area contributed by atoms with Crippen LogP contribution in [-0.4, -0.2) is 18.4 Å². The third-order valence-corrected chi connectivity index (χ3v) is 3.47. The van der Waals surface area contributed by atoms with Gasteiger partial charge in [0.25, 0.3) is 0 Å². The molecule has 114 valence electrons. The number of hydrogen-bond acceptors (Lipinski definition) is 2. The second-order valence-electron chi connectivity index (χ2n) is 5.76. The Balaban J connectivity index is 2.04. The number of anilines is 1. The highest BCUT2D eigenvalue weighted by molar-refractivity contribution is 6.13. The lowest BCUT2D eigenvalue weighted by Crippen LogP contribution is -2.41. The maximum absolute atomic E-state index is 13.5. The lowest BCUT2D eigenvalue weighted by atomic mass is 10.0. The lowest BCUT2D eigenvalue weighted by molar-refractivity contribution is -0.134. The number of amides is 2. The fraction of sp³-hybridized carbons (Fsp3) is 0.467. The SMILES string of the molecule is CC(C)CNC(=O)C1(C(=O)Nc2ccc(F)cc2F)CC1. The molecular weight excluding hydrogens is 278 g/mol. The van der Waals surface area contributed by atoms with E-state index in [0.717, 1.165) is 12.1 Å². The van der Waals surface area contributed by atoms with E-state index in [0.29, 0.717) is 25.5 Å². The highest BCUT2D eigenvalue weighted by Crippen LogP contribution is 2.47. The summed E-state index contributed by atoms with van der Waals surface area (Å²) >= 11 is 0. The third kappa shape index (κ3) is 3.37. The summed E-state index contributed by atoms with van der Waals surface area (Å²) in [6, 6.07) is 2.88. The molecule has 0 atom stereocenters. The minimum Gasteiger partial charge on any atom is -0.355 e. The summed E-state index contributed by atoms with van der Waals surface area (Å²) in [5.41, 5.74) is -1.24. The number of benzene rings is 1. The van der Waals surface area contributed by atoms with Crippen LogP contribution in [0.3, 0.4) is 0 Å². The molecule has 2 N–H and O–H groups in total. The Morgan fingerprint density at radius 1 is 1.24 bits per heavy atom. The summed E-state index contributed by atoms with van der Waals surface area (Å²) in [6.45, 7) is 4.39. The summed E-state index contributed by atoms with van der Waals surface area (Å²) in [6.07, 6.45) is 0.872. The van der Waals surface area contributed by atoms with Gasteiger partial charge in [-0.3, -0.25) is 9.59 Å². The van der Waals surface area contributed by atoms with Crippen molar-refractivity contribution < 1.29 is 18.4 Å². The van der Waals surface area contributed by atoms with Gasteiger partial charge in [-0.2, -0.15) is 0 Å². The first-order valence-electron chi connectivity index (χ1n) is 6.90. The average molecular weight is 296 g/mol. The topological polar surface area (TPSA) is 58.2 Å². The maximum atomic E-state index is 13.5. The quantitative estimate of drug-likeness (QED) is 0.820. The van der Waals surface area contributed by atoms with Crippen molar-refractivity contribution in [3.05, 3.63) is 29.8 Å². The van der Waals surface area contributed by atoms with Gasteiger partial charge in [-0.1, -0.05) is 13.8 Å². The molecule has 6 heteroatoms.